The first kappa shape index (κ1) is 50.8. The smallest absolute Gasteiger partial charge is 0.306 e. The normalized spacial score (nSPS) is 13.2. The van der Waals surface area contributed by atoms with Crippen LogP contribution >= 0.6 is 0 Å². The molecule has 1 unspecified atom stereocenters. The summed E-state index contributed by atoms with van der Waals surface area (Å²) < 4.78 is 17.1. The van der Waals surface area contributed by atoms with Crippen molar-refractivity contribution in [2.45, 2.75) is 181 Å². The molecule has 0 aliphatic rings. The van der Waals surface area contributed by atoms with Crippen molar-refractivity contribution in [3.63, 3.8) is 0 Å². The molecule has 0 rings (SSSR count). The Balaban J connectivity index is 4.22. The molecule has 0 bridgehead atoms. The maximum atomic E-state index is 12.5. The third-order valence-corrected chi connectivity index (χ3v) is 8.59. The second-order valence-corrected chi connectivity index (χ2v) is 13.9. The quantitative estimate of drug-likeness (QED) is 0.0357. The standard InChI is InChI=1S/C49H80O5/c1-4-7-10-13-15-17-19-21-22-23-24-25-26-27-29-31-33-35-38-41-44-52-45-47(54-49(51)43-40-36-12-9-6-3)46-53-48(50)42-39-37-34-32-30-28-20-18-16-14-11-8-5-2/h7,10-11,14-15,17-18,20-22,24-25,27,29,33,35,47H,4-6,8-9,12-13,16,19,23,26,28,30-32,34,36-46H2,1-3H3/b10-7-,14-11-,17-15-,20-18-,22-21-,25-24-,29-27-,35-33-. The maximum absolute atomic E-state index is 12.5. The second kappa shape index (κ2) is 44.2. The van der Waals surface area contributed by atoms with Crippen molar-refractivity contribution in [3.05, 3.63) is 97.2 Å². The molecule has 0 saturated carbocycles. The molecule has 0 N–H and O–H groups in total. The van der Waals surface area contributed by atoms with Crippen LogP contribution in [0.5, 0.6) is 0 Å². The number of rotatable bonds is 38. The molecule has 0 heterocycles. The van der Waals surface area contributed by atoms with Crippen molar-refractivity contribution in [1.29, 1.82) is 0 Å². The number of allylic oxidation sites excluding steroid dienone is 16. The van der Waals surface area contributed by atoms with Crippen LogP contribution in [0, 0.1) is 0 Å². The van der Waals surface area contributed by atoms with Crippen LogP contribution in [-0.2, 0) is 23.8 Å². The Morgan fingerprint density at radius 1 is 0.426 bits per heavy atom. The Morgan fingerprint density at radius 3 is 1.41 bits per heavy atom. The number of hydrogen-bond acceptors (Lipinski definition) is 5. The molecule has 0 aliphatic carbocycles. The number of esters is 2. The third kappa shape index (κ3) is 41.6. The Labute approximate surface area is 332 Å². The van der Waals surface area contributed by atoms with Crippen LogP contribution in [0.15, 0.2) is 97.2 Å². The highest BCUT2D eigenvalue weighted by Gasteiger charge is 2.17. The molecule has 0 aliphatic heterocycles. The molecule has 0 saturated heterocycles. The Hall–Kier alpha value is -3.18. The van der Waals surface area contributed by atoms with Crippen LogP contribution in [0.25, 0.3) is 0 Å². The van der Waals surface area contributed by atoms with Gasteiger partial charge in [-0.15, -0.1) is 0 Å². The molecular weight excluding hydrogens is 669 g/mol. The first-order valence-electron chi connectivity index (χ1n) is 21.8. The van der Waals surface area contributed by atoms with Crippen LogP contribution < -0.4 is 0 Å². The van der Waals surface area contributed by atoms with E-state index in [1.54, 1.807) is 0 Å². The van der Waals surface area contributed by atoms with Gasteiger partial charge < -0.3 is 14.2 Å². The Bertz CT molecular complexity index is 1070. The van der Waals surface area contributed by atoms with Gasteiger partial charge in [0, 0.05) is 19.4 Å². The summed E-state index contributed by atoms with van der Waals surface area (Å²) in [5.74, 6) is -0.468. The zero-order valence-corrected chi connectivity index (χ0v) is 34.9. The molecule has 0 fully saturated rings. The van der Waals surface area contributed by atoms with E-state index in [9.17, 15) is 9.59 Å². The van der Waals surface area contributed by atoms with Gasteiger partial charge in [0.2, 0.25) is 0 Å². The zero-order chi connectivity index (χ0) is 39.3. The fourth-order valence-electron chi connectivity index (χ4n) is 5.38. The molecular formula is C49H80O5. The molecule has 0 amide bonds. The van der Waals surface area contributed by atoms with Gasteiger partial charge in [-0.1, -0.05) is 169 Å². The lowest BCUT2D eigenvalue weighted by molar-refractivity contribution is -0.163. The van der Waals surface area contributed by atoms with E-state index >= 15 is 0 Å². The predicted molar refractivity (Wildman–Crippen MR) is 233 cm³/mol. The highest BCUT2D eigenvalue weighted by molar-refractivity contribution is 5.70. The second-order valence-electron chi connectivity index (χ2n) is 13.9. The van der Waals surface area contributed by atoms with Gasteiger partial charge in [-0.25, -0.2) is 0 Å². The summed E-state index contributed by atoms with van der Waals surface area (Å²) in [6, 6.07) is 0. The van der Waals surface area contributed by atoms with Crippen molar-refractivity contribution in [1.82, 2.24) is 0 Å². The Morgan fingerprint density at radius 2 is 0.870 bits per heavy atom. The molecule has 1 atom stereocenters. The maximum Gasteiger partial charge on any atom is 0.306 e. The number of carbonyl (C=O) groups excluding carboxylic acids is 2. The largest absolute Gasteiger partial charge is 0.462 e. The molecule has 306 valence electrons. The minimum absolute atomic E-state index is 0.0491. The minimum atomic E-state index is -0.571. The number of hydrogen-bond donors (Lipinski definition) is 0. The van der Waals surface area contributed by atoms with Crippen LogP contribution in [0.4, 0.5) is 0 Å². The fraction of sp³-hybridized carbons (Fsp3) is 0.633. The first-order chi connectivity index (χ1) is 26.6. The average Bonchev–Trinajstić information content (AvgIpc) is 3.17. The monoisotopic (exact) mass is 749 g/mol. The molecule has 0 aromatic heterocycles. The van der Waals surface area contributed by atoms with Crippen molar-refractivity contribution >= 4 is 11.9 Å². The Kier molecular flexibility index (Phi) is 41.6. The van der Waals surface area contributed by atoms with Gasteiger partial charge in [0.25, 0.3) is 0 Å². The van der Waals surface area contributed by atoms with Crippen LogP contribution in [0.1, 0.15) is 175 Å². The van der Waals surface area contributed by atoms with Gasteiger partial charge in [-0.3, -0.25) is 9.59 Å². The highest BCUT2D eigenvalue weighted by atomic mass is 16.6. The molecule has 0 radical (unpaired) electrons. The van der Waals surface area contributed by atoms with E-state index in [4.69, 9.17) is 14.2 Å². The molecule has 0 aromatic carbocycles. The average molecular weight is 749 g/mol. The lowest BCUT2D eigenvalue weighted by Gasteiger charge is -2.18. The van der Waals surface area contributed by atoms with Crippen molar-refractivity contribution in [2.24, 2.45) is 0 Å². The number of ether oxygens (including phenoxy) is 3. The van der Waals surface area contributed by atoms with Gasteiger partial charge in [-0.2, -0.15) is 0 Å². The van der Waals surface area contributed by atoms with Gasteiger partial charge in [-0.05, 0) is 89.9 Å². The van der Waals surface area contributed by atoms with Gasteiger partial charge >= 0.3 is 11.9 Å². The summed E-state index contributed by atoms with van der Waals surface area (Å²) in [7, 11) is 0. The van der Waals surface area contributed by atoms with Gasteiger partial charge in [0.15, 0.2) is 6.10 Å². The van der Waals surface area contributed by atoms with Crippen LogP contribution in [0.2, 0.25) is 0 Å². The SMILES string of the molecule is CC/C=C\C/C=C\C/C=C\C/C=C\C/C=C\C/C=C\CCCOCC(COC(=O)CCCCCCC/C=C\C/C=C\CCC)OC(=O)CCCCCCC. The molecule has 54 heavy (non-hydrogen) atoms. The van der Waals surface area contributed by atoms with E-state index in [1.807, 2.05) is 0 Å². The van der Waals surface area contributed by atoms with E-state index in [2.05, 4.69) is 118 Å². The van der Waals surface area contributed by atoms with Gasteiger partial charge in [0.05, 0.1) is 6.61 Å². The minimum Gasteiger partial charge on any atom is -0.462 e. The molecule has 5 nitrogen and oxygen atoms in total. The summed E-state index contributed by atoms with van der Waals surface area (Å²) in [5, 5.41) is 0. The predicted octanol–water partition coefficient (Wildman–Crippen LogP) is 14.3. The first-order valence-corrected chi connectivity index (χ1v) is 21.8. The lowest BCUT2D eigenvalue weighted by Crippen LogP contribution is -2.30. The lowest BCUT2D eigenvalue weighted by atomic mass is 10.1. The van der Waals surface area contributed by atoms with Crippen molar-refractivity contribution in [3.8, 4) is 0 Å². The summed E-state index contributed by atoms with van der Waals surface area (Å²) in [4.78, 5) is 25.0. The summed E-state index contributed by atoms with van der Waals surface area (Å²) in [6.45, 7) is 7.39. The van der Waals surface area contributed by atoms with E-state index in [-0.39, 0.29) is 25.2 Å². The highest BCUT2D eigenvalue weighted by Crippen LogP contribution is 2.11. The van der Waals surface area contributed by atoms with Gasteiger partial charge in [0.1, 0.15) is 6.61 Å². The third-order valence-electron chi connectivity index (χ3n) is 8.59. The number of carbonyl (C=O) groups is 2. The van der Waals surface area contributed by atoms with E-state index in [0.717, 1.165) is 109 Å². The summed E-state index contributed by atoms with van der Waals surface area (Å²) >= 11 is 0. The van der Waals surface area contributed by atoms with E-state index < -0.39 is 6.10 Å². The summed E-state index contributed by atoms with van der Waals surface area (Å²) in [6.07, 6.45) is 58.7. The number of unbranched alkanes of at least 4 members (excludes halogenated alkanes) is 11. The zero-order valence-electron chi connectivity index (χ0n) is 34.9. The molecule has 0 spiro atoms. The van der Waals surface area contributed by atoms with Crippen molar-refractivity contribution in [2.75, 3.05) is 19.8 Å². The summed E-state index contributed by atoms with van der Waals surface area (Å²) in [5.41, 5.74) is 0. The van der Waals surface area contributed by atoms with Crippen LogP contribution in [0.3, 0.4) is 0 Å². The molecule has 5 heteroatoms. The van der Waals surface area contributed by atoms with E-state index in [0.29, 0.717) is 19.4 Å². The van der Waals surface area contributed by atoms with Crippen molar-refractivity contribution < 1.29 is 23.8 Å². The molecule has 0 aromatic rings. The van der Waals surface area contributed by atoms with E-state index in [1.165, 1.54) is 32.1 Å². The topological polar surface area (TPSA) is 61.8 Å². The fourth-order valence-corrected chi connectivity index (χ4v) is 5.38. The van der Waals surface area contributed by atoms with Crippen LogP contribution in [-0.4, -0.2) is 37.9 Å².